The molecule has 0 unspecified atom stereocenters. The molecule has 0 amide bonds. The van der Waals surface area contributed by atoms with Crippen molar-refractivity contribution in [2.24, 2.45) is 0 Å². The van der Waals surface area contributed by atoms with Crippen molar-refractivity contribution in [2.75, 3.05) is 5.73 Å². The first-order valence-corrected chi connectivity index (χ1v) is 6.89. The summed E-state index contributed by atoms with van der Waals surface area (Å²) in [7, 11) is 0. The minimum Gasteiger partial charge on any atom is -0.398 e. The second-order valence-corrected chi connectivity index (χ2v) is 5.42. The maximum Gasteiger partial charge on any atom is 0.258 e. The highest BCUT2D eigenvalue weighted by Crippen LogP contribution is 2.25. The summed E-state index contributed by atoms with van der Waals surface area (Å²) >= 11 is 3.40. The summed E-state index contributed by atoms with van der Waals surface area (Å²) in [5, 5.41) is 4.00. The summed E-state index contributed by atoms with van der Waals surface area (Å²) < 4.78 is 6.31. The van der Waals surface area contributed by atoms with Crippen LogP contribution in [-0.2, 0) is 0 Å². The Morgan fingerprint density at radius 2 is 1.75 bits per heavy atom. The average molecular weight is 330 g/mol. The zero-order chi connectivity index (χ0) is 14.1. The number of benzene rings is 2. The third-order valence-corrected chi connectivity index (χ3v) is 3.58. The van der Waals surface area contributed by atoms with Crippen LogP contribution >= 0.6 is 15.9 Å². The molecule has 0 aliphatic heterocycles. The highest BCUT2D eigenvalue weighted by atomic mass is 79.9. The van der Waals surface area contributed by atoms with Crippen LogP contribution in [0.3, 0.4) is 0 Å². The number of rotatable bonds is 2. The van der Waals surface area contributed by atoms with Gasteiger partial charge in [-0.15, -0.1) is 0 Å². The lowest BCUT2D eigenvalue weighted by molar-refractivity contribution is 0.432. The smallest absolute Gasteiger partial charge is 0.258 e. The van der Waals surface area contributed by atoms with Gasteiger partial charge in [0.15, 0.2) is 0 Å². The highest BCUT2D eigenvalue weighted by Gasteiger charge is 2.11. The van der Waals surface area contributed by atoms with Gasteiger partial charge in [-0.3, -0.25) is 0 Å². The quantitative estimate of drug-likeness (QED) is 0.720. The summed E-state index contributed by atoms with van der Waals surface area (Å²) in [6.45, 7) is 1.96. The van der Waals surface area contributed by atoms with E-state index in [2.05, 4.69) is 26.1 Å². The molecular formula is C15H12BrN3O. The van der Waals surface area contributed by atoms with Gasteiger partial charge in [0.2, 0.25) is 5.82 Å². The Balaban J connectivity index is 1.97. The predicted octanol–water partition coefficient (Wildman–Crippen LogP) is 4.06. The van der Waals surface area contributed by atoms with Gasteiger partial charge in [0.25, 0.3) is 5.89 Å². The van der Waals surface area contributed by atoms with E-state index >= 15 is 0 Å². The average Bonchev–Trinajstić information content (AvgIpc) is 2.92. The van der Waals surface area contributed by atoms with Crippen LogP contribution < -0.4 is 5.73 Å². The van der Waals surface area contributed by atoms with E-state index in [1.165, 1.54) is 0 Å². The van der Waals surface area contributed by atoms with Crippen LogP contribution in [0.4, 0.5) is 5.69 Å². The molecule has 0 atom stereocenters. The van der Waals surface area contributed by atoms with Crippen molar-refractivity contribution in [1.82, 2.24) is 10.1 Å². The molecule has 1 heterocycles. The van der Waals surface area contributed by atoms with Gasteiger partial charge in [0.05, 0.1) is 0 Å². The topological polar surface area (TPSA) is 64.9 Å². The Morgan fingerprint density at radius 1 is 1.05 bits per heavy atom. The lowest BCUT2D eigenvalue weighted by Crippen LogP contribution is -1.90. The van der Waals surface area contributed by atoms with Crippen LogP contribution in [0.2, 0.25) is 0 Å². The first-order valence-electron chi connectivity index (χ1n) is 6.09. The highest BCUT2D eigenvalue weighted by molar-refractivity contribution is 9.10. The number of anilines is 1. The second-order valence-electron chi connectivity index (χ2n) is 4.50. The molecule has 2 N–H and O–H groups in total. The fourth-order valence-corrected chi connectivity index (χ4v) is 2.09. The van der Waals surface area contributed by atoms with Crippen LogP contribution in [0.1, 0.15) is 5.56 Å². The number of aryl methyl sites for hydroxylation is 1. The maximum absolute atomic E-state index is 5.90. The van der Waals surface area contributed by atoms with Crippen molar-refractivity contribution in [2.45, 2.75) is 6.92 Å². The molecule has 3 aromatic rings. The number of nitrogens with two attached hydrogens (primary N) is 1. The zero-order valence-electron chi connectivity index (χ0n) is 10.8. The minimum absolute atomic E-state index is 0.467. The van der Waals surface area contributed by atoms with E-state index in [-0.39, 0.29) is 0 Å². The summed E-state index contributed by atoms with van der Waals surface area (Å²) in [6.07, 6.45) is 0. The van der Waals surface area contributed by atoms with Crippen molar-refractivity contribution >= 4 is 21.6 Å². The lowest BCUT2D eigenvalue weighted by Gasteiger charge is -2.00. The molecular weight excluding hydrogens is 318 g/mol. The van der Waals surface area contributed by atoms with E-state index in [0.29, 0.717) is 17.4 Å². The van der Waals surface area contributed by atoms with Gasteiger partial charge in [-0.05, 0) is 48.9 Å². The molecule has 0 saturated heterocycles. The fourth-order valence-electron chi connectivity index (χ4n) is 1.83. The van der Waals surface area contributed by atoms with E-state index < -0.39 is 0 Å². The second kappa shape index (κ2) is 5.09. The van der Waals surface area contributed by atoms with Gasteiger partial charge in [-0.1, -0.05) is 27.2 Å². The van der Waals surface area contributed by atoms with E-state index in [4.69, 9.17) is 10.3 Å². The van der Waals surface area contributed by atoms with Gasteiger partial charge < -0.3 is 10.3 Å². The molecule has 0 radical (unpaired) electrons. The Bertz CT molecular complexity index is 750. The summed E-state index contributed by atoms with van der Waals surface area (Å²) in [5.41, 5.74) is 9.37. The lowest BCUT2D eigenvalue weighted by atomic mass is 10.1. The Labute approximate surface area is 124 Å². The first kappa shape index (κ1) is 12.9. The number of halogens is 1. The molecule has 0 fully saturated rings. The standard InChI is InChI=1S/C15H12BrN3O/c1-9-2-3-11(8-13(9)17)15-18-14(19-20-15)10-4-6-12(16)7-5-10/h2-8H,17H2,1H3. The van der Waals surface area contributed by atoms with E-state index in [0.717, 1.165) is 21.2 Å². The summed E-state index contributed by atoms with van der Waals surface area (Å²) in [4.78, 5) is 4.40. The zero-order valence-corrected chi connectivity index (χ0v) is 12.4. The molecule has 0 aliphatic carbocycles. The number of nitrogen functional groups attached to an aromatic ring is 1. The number of nitrogens with zero attached hydrogens (tertiary/aromatic N) is 2. The van der Waals surface area contributed by atoms with Gasteiger partial charge in [-0.2, -0.15) is 4.98 Å². The molecule has 20 heavy (non-hydrogen) atoms. The molecule has 3 rings (SSSR count). The van der Waals surface area contributed by atoms with Crippen LogP contribution in [0, 0.1) is 6.92 Å². The molecule has 1 aromatic heterocycles. The molecule has 5 heteroatoms. The minimum atomic E-state index is 0.467. The third kappa shape index (κ3) is 2.44. The maximum atomic E-state index is 5.90. The molecule has 100 valence electrons. The Hall–Kier alpha value is -2.14. The summed E-state index contributed by atoms with van der Waals surface area (Å²) in [5.74, 6) is 1.03. The van der Waals surface area contributed by atoms with Crippen LogP contribution in [0.25, 0.3) is 22.8 Å². The monoisotopic (exact) mass is 329 g/mol. The third-order valence-electron chi connectivity index (χ3n) is 3.05. The first-order chi connectivity index (χ1) is 9.63. The van der Waals surface area contributed by atoms with Crippen molar-refractivity contribution in [3.05, 3.63) is 52.5 Å². The summed E-state index contributed by atoms with van der Waals surface area (Å²) in [6, 6.07) is 13.4. The van der Waals surface area contributed by atoms with Crippen LogP contribution in [0.5, 0.6) is 0 Å². The van der Waals surface area contributed by atoms with Gasteiger partial charge in [-0.25, -0.2) is 0 Å². The van der Waals surface area contributed by atoms with Gasteiger partial charge in [0, 0.05) is 21.3 Å². The molecule has 0 aliphatic rings. The van der Waals surface area contributed by atoms with Gasteiger partial charge in [0.1, 0.15) is 0 Å². The normalized spacial score (nSPS) is 10.7. The van der Waals surface area contributed by atoms with Crippen molar-refractivity contribution in [3.8, 4) is 22.8 Å². The largest absolute Gasteiger partial charge is 0.398 e. The van der Waals surface area contributed by atoms with Crippen LogP contribution in [-0.4, -0.2) is 10.1 Å². The fraction of sp³-hybridized carbons (Fsp3) is 0.0667. The number of aromatic nitrogens is 2. The number of hydrogen-bond acceptors (Lipinski definition) is 4. The Kier molecular flexibility index (Phi) is 3.28. The van der Waals surface area contributed by atoms with Crippen molar-refractivity contribution in [1.29, 1.82) is 0 Å². The van der Waals surface area contributed by atoms with Gasteiger partial charge >= 0.3 is 0 Å². The molecule has 0 saturated carbocycles. The van der Waals surface area contributed by atoms with Crippen molar-refractivity contribution < 1.29 is 4.52 Å². The molecule has 2 aromatic carbocycles. The number of hydrogen-bond donors (Lipinski definition) is 1. The van der Waals surface area contributed by atoms with Crippen LogP contribution in [0.15, 0.2) is 51.5 Å². The molecule has 0 spiro atoms. The molecule has 4 nitrogen and oxygen atoms in total. The molecule has 0 bridgehead atoms. The Morgan fingerprint density at radius 3 is 2.45 bits per heavy atom. The predicted molar refractivity (Wildman–Crippen MR) is 82.0 cm³/mol. The van der Waals surface area contributed by atoms with E-state index in [9.17, 15) is 0 Å². The van der Waals surface area contributed by atoms with Crippen molar-refractivity contribution in [3.63, 3.8) is 0 Å². The SMILES string of the molecule is Cc1ccc(-c2nc(-c3ccc(Br)cc3)no2)cc1N. The van der Waals surface area contributed by atoms with E-state index in [1.807, 2.05) is 49.4 Å². The van der Waals surface area contributed by atoms with E-state index in [1.54, 1.807) is 0 Å².